The lowest BCUT2D eigenvalue weighted by Crippen LogP contribution is -2.46. The number of aromatic nitrogens is 1. The minimum Gasteiger partial charge on any atom is -0.497 e. The second kappa shape index (κ2) is 7.15. The van der Waals surface area contributed by atoms with E-state index in [0.29, 0.717) is 18.5 Å². The van der Waals surface area contributed by atoms with Gasteiger partial charge in [0.05, 0.1) is 19.4 Å². The molecule has 5 nitrogen and oxygen atoms in total. The second-order valence-electron chi connectivity index (χ2n) is 6.16. The number of oxazole rings is 1. The van der Waals surface area contributed by atoms with Gasteiger partial charge >= 0.3 is 0 Å². The lowest BCUT2D eigenvalue weighted by molar-refractivity contribution is 0.0442. The molecule has 23 heavy (non-hydrogen) atoms. The van der Waals surface area contributed by atoms with Crippen molar-refractivity contribution < 1.29 is 14.3 Å². The Morgan fingerprint density at radius 2 is 2.09 bits per heavy atom. The van der Waals surface area contributed by atoms with E-state index in [0.717, 1.165) is 23.4 Å². The van der Waals surface area contributed by atoms with Crippen molar-refractivity contribution in [2.75, 3.05) is 13.7 Å². The van der Waals surface area contributed by atoms with Crippen LogP contribution in [0, 0.1) is 0 Å². The molecule has 1 fully saturated rings. The van der Waals surface area contributed by atoms with E-state index in [1.165, 1.54) is 12.8 Å². The summed E-state index contributed by atoms with van der Waals surface area (Å²) < 4.78 is 10.8. The highest BCUT2D eigenvalue weighted by atomic mass is 16.5. The molecule has 1 aliphatic heterocycles. The van der Waals surface area contributed by atoms with Crippen LogP contribution < -0.4 is 4.74 Å². The van der Waals surface area contributed by atoms with Crippen LogP contribution in [-0.4, -0.2) is 40.8 Å². The third-order valence-corrected chi connectivity index (χ3v) is 4.64. The average Bonchev–Trinajstić information content (AvgIpc) is 3.05. The first-order valence-corrected chi connectivity index (χ1v) is 8.16. The number of hydrogen-bond acceptors (Lipinski definition) is 5. The monoisotopic (exact) mass is 316 g/mol. The highest BCUT2D eigenvalue weighted by molar-refractivity contribution is 5.54. The quantitative estimate of drug-likeness (QED) is 0.918. The van der Waals surface area contributed by atoms with E-state index in [1.54, 1.807) is 13.4 Å². The third kappa shape index (κ3) is 3.57. The summed E-state index contributed by atoms with van der Waals surface area (Å²) in [6.07, 6.45) is 5.11. The Morgan fingerprint density at radius 1 is 1.30 bits per heavy atom. The predicted octanol–water partition coefficient (Wildman–Crippen LogP) is 3.09. The maximum Gasteiger partial charge on any atom is 0.226 e. The van der Waals surface area contributed by atoms with Crippen LogP contribution in [0.2, 0.25) is 0 Å². The smallest absolute Gasteiger partial charge is 0.226 e. The van der Waals surface area contributed by atoms with E-state index >= 15 is 0 Å². The number of ether oxygens (including phenoxy) is 1. The van der Waals surface area contributed by atoms with E-state index in [9.17, 15) is 5.11 Å². The molecule has 5 heteroatoms. The summed E-state index contributed by atoms with van der Waals surface area (Å²) in [6.45, 7) is 3.13. The summed E-state index contributed by atoms with van der Waals surface area (Å²) in [6, 6.07) is 8.35. The third-order valence-electron chi connectivity index (χ3n) is 4.64. The van der Waals surface area contributed by atoms with E-state index < -0.39 is 0 Å². The number of likely N-dealkylation sites (tertiary alicyclic amines) is 1. The Bertz CT molecular complexity index is 623. The van der Waals surface area contributed by atoms with E-state index in [-0.39, 0.29) is 12.6 Å². The molecule has 2 aromatic rings. The number of methoxy groups -OCH3 is 1. The number of nitrogens with zero attached hydrogens (tertiary/aromatic N) is 2. The summed E-state index contributed by atoms with van der Waals surface area (Å²) in [5.74, 6) is 1.43. The summed E-state index contributed by atoms with van der Waals surface area (Å²) in [5.41, 5.74) is 1.84. The molecule has 1 aromatic heterocycles. The fraction of sp³-hybridized carbons (Fsp3) is 0.500. The predicted molar refractivity (Wildman–Crippen MR) is 88.2 cm³/mol. The van der Waals surface area contributed by atoms with Gasteiger partial charge in [-0.05, 0) is 44.0 Å². The Kier molecular flexibility index (Phi) is 4.98. The van der Waals surface area contributed by atoms with Crippen LogP contribution in [0.4, 0.5) is 0 Å². The number of rotatable bonds is 5. The largest absolute Gasteiger partial charge is 0.497 e. The normalized spacial score (nSPS) is 22.2. The van der Waals surface area contributed by atoms with Crippen molar-refractivity contribution in [2.45, 2.75) is 44.8 Å². The SMILES string of the molecule is COc1ccc(-c2nc(CN3C(C)CCCC3CO)co2)cc1. The van der Waals surface area contributed by atoms with Crippen molar-refractivity contribution in [1.29, 1.82) is 0 Å². The molecular weight excluding hydrogens is 292 g/mol. The van der Waals surface area contributed by atoms with Crippen molar-refractivity contribution in [2.24, 2.45) is 0 Å². The van der Waals surface area contributed by atoms with Gasteiger partial charge in [-0.2, -0.15) is 0 Å². The summed E-state index contributed by atoms with van der Waals surface area (Å²) in [4.78, 5) is 6.93. The van der Waals surface area contributed by atoms with Gasteiger partial charge in [-0.25, -0.2) is 4.98 Å². The van der Waals surface area contributed by atoms with Gasteiger partial charge in [0.15, 0.2) is 0 Å². The lowest BCUT2D eigenvalue weighted by Gasteiger charge is -2.39. The Hall–Kier alpha value is -1.85. The van der Waals surface area contributed by atoms with E-state index in [2.05, 4.69) is 16.8 Å². The fourth-order valence-corrected chi connectivity index (χ4v) is 3.25. The van der Waals surface area contributed by atoms with Gasteiger partial charge in [-0.1, -0.05) is 6.42 Å². The van der Waals surface area contributed by atoms with Gasteiger partial charge in [0.1, 0.15) is 12.0 Å². The molecule has 2 atom stereocenters. The molecule has 124 valence electrons. The maximum atomic E-state index is 9.59. The molecule has 2 unspecified atom stereocenters. The van der Waals surface area contributed by atoms with E-state index in [1.807, 2.05) is 24.3 Å². The number of aliphatic hydroxyl groups is 1. The van der Waals surface area contributed by atoms with Gasteiger partial charge in [0, 0.05) is 24.2 Å². The Labute approximate surface area is 136 Å². The van der Waals surface area contributed by atoms with Gasteiger partial charge < -0.3 is 14.3 Å². The first-order valence-electron chi connectivity index (χ1n) is 8.16. The molecule has 0 spiro atoms. The van der Waals surface area contributed by atoms with Gasteiger partial charge in [-0.3, -0.25) is 4.90 Å². The first kappa shape index (κ1) is 16.0. The standard InChI is InChI=1S/C18H24N2O3/c1-13-4-3-5-16(11-21)20(13)10-15-12-23-18(19-15)14-6-8-17(22-2)9-7-14/h6-9,12-13,16,21H,3-5,10-11H2,1-2H3. The zero-order valence-corrected chi connectivity index (χ0v) is 13.7. The maximum absolute atomic E-state index is 9.59. The minimum atomic E-state index is 0.202. The molecule has 3 rings (SSSR count). The van der Waals surface area contributed by atoms with Gasteiger partial charge in [0.25, 0.3) is 0 Å². The zero-order valence-electron chi connectivity index (χ0n) is 13.7. The van der Waals surface area contributed by atoms with Gasteiger partial charge in [0.2, 0.25) is 5.89 Å². The average molecular weight is 316 g/mol. The van der Waals surface area contributed by atoms with Crippen LogP contribution in [0.3, 0.4) is 0 Å². The topological polar surface area (TPSA) is 58.7 Å². The number of piperidine rings is 1. The molecule has 1 aliphatic rings. The molecule has 0 amide bonds. The molecule has 1 saturated heterocycles. The van der Waals surface area contributed by atoms with Crippen molar-refractivity contribution in [3.63, 3.8) is 0 Å². The fourth-order valence-electron chi connectivity index (χ4n) is 3.25. The molecule has 0 saturated carbocycles. The van der Waals surface area contributed by atoms with Crippen LogP contribution in [0.1, 0.15) is 31.9 Å². The zero-order chi connectivity index (χ0) is 16.2. The molecule has 1 aromatic carbocycles. The van der Waals surface area contributed by atoms with Crippen molar-refractivity contribution >= 4 is 0 Å². The number of benzene rings is 1. The van der Waals surface area contributed by atoms with Crippen LogP contribution in [0.25, 0.3) is 11.5 Å². The Balaban J connectivity index is 1.73. The van der Waals surface area contributed by atoms with Crippen molar-refractivity contribution in [3.8, 4) is 17.2 Å². The highest BCUT2D eigenvalue weighted by Crippen LogP contribution is 2.26. The highest BCUT2D eigenvalue weighted by Gasteiger charge is 2.28. The lowest BCUT2D eigenvalue weighted by atomic mass is 9.97. The van der Waals surface area contributed by atoms with Crippen molar-refractivity contribution in [1.82, 2.24) is 9.88 Å². The number of hydrogen-bond donors (Lipinski definition) is 1. The summed E-state index contributed by atoms with van der Waals surface area (Å²) in [5, 5.41) is 9.59. The van der Waals surface area contributed by atoms with Crippen molar-refractivity contribution in [3.05, 3.63) is 36.2 Å². The van der Waals surface area contributed by atoms with Crippen LogP contribution in [0.15, 0.2) is 34.9 Å². The van der Waals surface area contributed by atoms with E-state index in [4.69, 9.17) is 9.15 Å². The van der Waals surface area contributed by atoms with Crippen LogP contribution in [-0.2, 0) is 6.54 Å². The minimum absolute atomic E-state index is 0.202. The van der Waals surface area contributed by atoms with Crippen LogP contribution >= 0.6 is 0 Å². The molecule has 0 bridgehead atoms. The second-order valence-corrected chi connectivity index (χ2v) is 6.16. The Morgan fingerprint density at radius 3 is 2.78 bits per heavy atom. The molecule has 2 heterocycles. The summed E-state index contributed by atoms with van der Waals surface area (Å²) in [7, 11) is 1.65. The first-order chi connectivity index (χ1) is 11.2. The molecule has 0 radical (unpaired) electrons. The molecular formula is C18H24N2O3. The number of aliphatic hydroxyl groups excluding tert-OH is 1. The summed E-state index contributed by atoms with van der Waals surface area (Å²) >= 11 is 0. The van der Waals surface area contributed by atoms with Gasteiger partial charge in [-0.15, -0.1) is 0 Å². The van der Waals surface area contributed by atoms with Crippen LogP contribution in [0.5, 0.6) is 5.75 Å². The molecule has 1 N–H and O–H groups in total. The molecule has 0 aliphatic carbocycles.